The van der Waals surface area contributed by atoms with Gasteiger partial charge in [0.15, 0.2) is 8.92 Å². The van der Waals surface area contributed by atoms with Gasteiger partial charge in [-0.3, -0.25) is 0 Å². The molecule has 1 aromatic rings. The van der Waals surface area contributed by atoms with E-state index in [-0.39, 0.29) is 5.01 Å². The van der Waals surface area contributed by atoms with E-state index in [1.165, 1.54) is 0 Å². The molecule has 0 aliphatic heterocycles. The molecule has 0 aliphatic rings. The van der Waals surface area contributed by atoms with Crippen LogP contribution in [0, 0.1) is 0 Å². The van der Waals surface area contributed by atoms with Crippen LogP contribution >= 0.6 is 27.3 Å². The van der Waals surface area contributed by atoms with Crippen LogP contribution in [-0.2, 0) is 5.92 Å². The van der Waals surface area contributed by atoms with Crippen molar-refractivity contribution in [1.29, 1.82) is 0 Å². The first-order valence-electron chi connectivity index (χ1n) is 2.37. The van der Waals surface area contributed by atoms with Crippen LogP contribution in [0.15, 0.2) is 3.92 Å². The third-order valence-electron chi connectivity index (χ3n) is 0.776. The number of alkyl halides is 2. The predicted octanol–water partition coefficient (Wildman–Crippen LogP) is 2.41. The zero-order valence-electron chi connectivity index (χ0n) is 4.94. The summed E-state index contributed by atoms with van der Waals surface area (Å²) in [6.45, 7) is 0.792. The first kappa shape index (κ1) is 8.00. The Labute approximate surface area is 68.4 Å². The summed E-state index contributed by atoms with van der Waals surface area (Å²) in [5.41, 5.74) is 0. The number of nitrogens with zero attached hydrogens (tertiary/aromatic N) is 2. The highest BCUT2D eigenvalue weighted by molar-refractivity contribution is 9.11. The van der Waals surface area contributed by atoms with Gasteiger partial charge >= 0.3 is 0 Å². The Kier molecular flexibility index (Phi) is 2.00. The maximum Gasteiger partial charge on any atom is 0.298 e. The molecule has 56 valence electrons. The number of halogens is 3. The second-order valence-electron chi connectivity index (χ2n) is 1.75. The van der Waals surface area contributed by atoms with E-state index in [0.717, 1.165) is 18.3 Å². The van der Waals surface area contributed by atoms with Crippen molar-refractivity contribution in [2.75, 3.05) is 0 Å². The molecule has 0 N–H and O–H groups in total. The number of hydrogen-bond donors (Lipinski definition) is 0. The van der Waals surface area contributed by atoms with Gasteiger partial charge in [0, 0.05) is 6.92 Å². The number of aromatic nitrogens is 2. The van der Waals surface area contributed by atoms with E-state index in [1.54, 1.807) is 0 Å². The smallest absolute Gasteiger partial charge is 0.199 e. The first-order valence-corrected chi connectivity index (χ1v) is 3.98. The Morgan fingerprint density at radius 3 is 2.30 bits per heavy atom. The molecule has 1 heterocycles. The van der Waals surface area contributed by atoms with E-state index < -0.39 is 5.92 Å². The van der Waals surface area contributed by atoms with Crippen molar-refractivity contribution >= 4 is 27.3 Å². The molecule has 1 aromatic heterocycles. The Balaban J connectivity index is 2.96. The molecule has 0 unspecified atom stereocenters. The molecule has 0 aliphatic carbocycles. The summed E-state index contributed by atoms with van der Waals surface area (Å²) < 4.78 is 25.1. The summed E-state index contributed by atoms with van der Waals surface area (Å²) in [4.78, 5) is 0. The molecule has 0 fully saturated rings. The SMILES string of the molecule is CC(F)(F)c1nnc(Br)s1. The van der Waals surface area contributed by atoms with Crippen molar-refractivity contribution in [1.82, 2.24) is 10.2 Å². The summed E-state index contributed by atoms with van der Waals surface area (Å²) in [5, 5.41) is 6.38. The van der Waals surface area contributed by atoms with Crippen LogP contribution in [0.5, 0.6) is 0 Å². The standard InChI is InChI=1S/C4H3BrF2N2S/c1-4(6,7)2-8-9-3(5)10-2/h1H3. The van der Waals surface area contributed by atoms with Crippen molar-refractivity contribution in [2.24, 2.45) is 0 Å². The van der Waals surface area contributed by atoms with Gasteiger partial charge in [0.25, 0.3) is 5.92 Å². The van der Waals surface area contributed by atoms with Crippen LogP contribution in [0.25, 0.3) is 0 Å². The van der Waals surface area contributed by atoms with Crippen molar-refractivity contribution in [2.45, 2.75) is 12.8 Å². The Bertz CT molecular complexity index is 231. The van der Waals surface area contributed by atoms with Gasteiger partial charge in [-0.2, -0.15) is 8.78 Å². The van der Waals surface area contributed by atoms with Gasteiger partial charge < -0.3 is 0 Å². The van der Waals surface area contributed by atoms with Gasteiger partial charge in [0.2, 0.25) is 0 Å². The lowest BCUT2D eigenvalue weighted by molar-refractivity contribution is 0.0165. The molecular formula is C4H3BrF2N2S. The maximum atomic E-state index is 12.4. The average molecular weight is 229 g/mol. The molecule has 10 heavy (non-hydrogen) atoms. The highest BCUT2D eigenvalue weighted by Crippen LogP contribution is 2.30. The van der Waals surface area contributed by atoms with Crippen LogP contribution in [0.1, 0.15) is 11.9 Å². The van der Waals surface area contributed by atoms with Crippen molar-refractivity contribution in [3.63, 3.8) is 0 Å². The zero-order valence-corrected chi connectivity index (χ0v) is 7.34. The van der Waals surface area contributed by atoms with Gasteiger partial charge in [0.1, 0.15) is 0 Å². The zero-order chi connectivity index (χ0) is 7.78. The predicted molar refractivity (Wildman–Crippen MR) is 37.2 cm³/mol. The van der Waals surface area contributed by atoms with Gasteiger partial charge in [-0.25, -0.2) is 0 Å². The largest absolute Gasteiger partial charge is 0.298 e. The molecule has 0 saturated heterocycles. The highest BCUT2D eigenvalue weighted by atomic mass is 79.9. The second-order valence-corrected chi connectivity index (χ2v) is 4.00. The third kappa shape index (κ3) is 1.69. The minimum atomic E-state index is -2.87. The molecule has 2 nitrogen and oxygen atoms in total. The molecule has 0 radical (unpaired) electrons. The molecule has 0 aromatic carbocycles. The lowest BCUT2D eigenvalue weighted by atomic mass is 10.4. The van der Waals surface area contributed by atoms with Crippen LogP contribution in [0.4, 0.5) is 8.78 Å². The lowest BCUT2D eigenvalue weighted by Gasteiger charge is -2.01. The molecule has 6 heteroatoms. The van der Waals surface area contributed by atoms with E-state index in [2.05, 4.69) is 26.1 Å². The van der Waals surface area contributed by atoms with E-state index in [0.29, 0.717) is 3.92 Å². The molecule has 0 amide bonds. The summed E-state index contributed by atoms with van der Waals surface area (Å²) in [5.74, 6) is -2.87. The molecule has 0 atom stereocenters. The average Bonchev–Trinajstić information content (AvgIpc) is 2.11. The van der Waals surface area contributed by atoms with Gasteiger partial charge in [-0.15, -0.1) is 10.2 Å². The van der Waals surface area contributed by atoms with Crippen molar-refractivity contribution in [3.05, 3.63) is 8.92 Å². The van der Waals surface area contributed by atoms with Crippen molar-refractivity contribution in [3.8, 4) is 0 Å². The maximum absolute atomic E-state index is 12.4. The van der Waals surface area contributed by atoms with Gasteiger partial charge in [0.05, 0.1) is 0 Å². The van der Waals surface area contributed by atoms with Crippen molar-refractivity contribution < 1.29 is 8.78 Å². The number of rotatable bonds is 1. The Morgan fingerprint density at radius 1 is 1.50 bits per heavy atom. The Morgan fingerprint density at radius 2 is 2.10 bits per heavy atom. The minimum Gasteiger partial charge on any atom is -0.199 e. The third-order valence-corrected chi connectivity index (χ3v) is 2.30. The van der Waals surface area contributed by atoms with E-state index in [9.17, 15) is 8.78 Å². The topological polar surface area (TPSA) is 25.8 Å². The van der Waals surface area contributed by atoms with Crippen LogP contribution in [0.3, 0.4) is 0 Å². The van der Waals surface area contributed by atoms with Crippen LogP contribution in [-0.4, -0.2) is 10.2 Å². The van der Waals surface area contributed by atoms with Gasteiger partial charge in [-0.05, 0) is 15.9 Å². The summed E-state index contributed by atoms with van der Waals surface area (Å²) in [6.07, 6.45) is 0. The van der Waals surface area contributed by atoms with Gasteiger partial charge in [-0.1, -0.05) is 11.3 Å². The van der Waals surface area contributed by atoms with Crippen LogP contribution < -0.4 is 0 Å². The van der Waals surface area contributed by atoms with E-state index >= 15 is 0 Å². The molecule has 1 rings (SSSR count). The molecular weight excluding hydrogens is 226 g/mol. The fourth-order valence-corrected chi connectivity index (χ4v) is 1.42. The Hall–Kier alpha value is -0.100. The van der Waals surface area contributed by atoms with E-state index in [4.69, 9.17) is 0 Å². The summed E-state index contributed by atoms with van der Waals surface area (Å²) in [7, 11) is 0. The molecule has 0 saturated carbocycles. The quantitative estimate of drug-likeness (QED) is 0.738. The molecule has 0 spiro atoms. The fourth-order valence-electron chi connectivity index (χ4n) is 0.383. The summed E-state index contributed by atoms with van der Waals surface area (Å²) in [6, 6.07) is 0. The van der Waals surface area contributed by atoms with Crippen LogP contribution in [0.2, 0.25) is 0 Å². The van der Waals surface area contributed by atoms with E-state index in [1.807, 2.05) is 0 Å². The second kappa shape index (κ2) is 2.50. The summed E-state index contributed by atoms with van der Waals surface area (Å²) >= 11 is 3.78. The minimum absolute atomic E-state index is 0.264. The first-order chi connectivity index (χ1) is 4.50. The number of hydrogen-bond acceptors (Lipinski definition) is 3. The highest BCUT2D eigenvalue weighted by Gasteiger charge is 2.28. The molecule has 0 bridgehead atoms. The normalized spacial score (nSPS) is 12.0. The monoisotopic (exact) mass is 228 g/mol. The fraction of sp³-hybridized carbons (Fsp3) is 0.500. The lowest BCUT2D eigenvalue weighted by Crippen LogP contribution is -2.05.